The number of amides is 1. The Hall–Kier alpha value is -3.16. The number of anilines is 2. The van der Waals surface area contributed by atoms with E-state index in [4.69, 9.17) is 11.6 Å². The van der Waals surface area contributed by atoms with Crippen LogP contribution in [0.25, 0.3) is 5.69 Å². The average Bonchev–Trinajstić information content (AvgIpc) is 3.18. The predicted molar refractivity (Wildman–Crippen MR) is 131 cm³/mol. The monoisotopic (exact) mass is 463 g/mol. The number of carbonyl (C=O) groups is 1. The second-order valence-electron chi connectivity index (χ2n) is 8.61. The quantitative estimate of drug-likeness (QED) is 0.595. The topological polar surface area (TPSA) is 61.7 Å². The van der Waals surface area contributed by atoms with E-state index in [1.54, 1.807) is 6.20 Å². The lowest BCUT2D eigenvalue weighted by atomic mass is 10.1. The van der Waals surface area contributed by atoms with Gasteiger partial charge in [-0.15, -0.1) is 0 Å². The van der Waals surface area contributed by atoms with Crippen molar-refractivity contribution in [1.82, 2.24) is 14.7 Å². The molecule has 1 aromatic heterocycles. The Kier molecular flexibility index (Phi) is 5.91. The van der Waals surface area contributed by atoms with Gasteiger partial charge in [0.25, 0.3) is 5.56 Å². The zero-order valence-corrected chi connectivity index (χ0v) is 19.3. The molecule has 0 aliphatic carbocycles. The lowest BCUT2D eigenvalue weighted by molar-refractivity contribution is -0.120. The standard InChI is InChI=1S/C25H26ClN5O2/c1-18-15-19-7-5-6-10-21(19)30(18)23(32)17-28-11-13-29(14-12-28)22-16-27-31(25(33)24(22)26)20-8-3-2-4-9-20/h2-10,16,18H,11-15,17H2,1H3. The summed E-state index contributed by atoms with van der Waals surface area (Å²) in [5.41, 5.74) is 3.25. The predicted octanol–water partition coefficient (Wildman–Crippen LogP) is 2.99. The van der Waals surface area contributed by atoms with Crippen LogP contribution in [0.1, 0.15) is 12.5 Å². The van der Waals surface area contributed by atoms with E-state index in [9.17, 15) is 9.59 Å². The maximum atomic E-state index is 13.1. The number of carbonyl (C=O) groups excluding carboxylic acids is 1. The fourth-order valence-corrected chi connectivity index (χ4v) is 5.01. The summed E-state index contributed by atoms with van der Waals surface area (Å²) in [5, 5.41) is 4.51. The van der Waals surface area contributed by atoms with Gasteiger partial charge >= 0.3 is 0 Å². The molecule has 2 aliphatic rings. The van der Waals surface area contributed by atoms with Crippen molar-refractivity contribution < 1.29 is 4.79 Å². The molecule has 7 nitrogen and oxygen atoms in total. The normalized spacial score (nSPS) is 18.4. The van der Waals surface area contributed by atoms with E-state index in [1.165, 1.54) is 10.2 Å². The van der Waals surface area contributed by atoms with Crippen molar-refractivity contribution in [2.75, 3.05) is 42.5 Å². The van der Waals surface area contributed by atoms with Gasteiger partial charge in [0.05, 0.1) is 24.1 Å². The SMILES string of the molecule is CC1Cc2ccccc2N1C(=O)CN1CCN(c2cnn(-c3ccccc3)c(=O)c2Cl)CC1. The molecule has 0 saturated carbocycles. The number of fused-ring (bicyclic) bond motifs is 1. The molecule has 0 bridgehead atoms. The van der Waals surface area contributed by atoms with Crippen molar-refractivity contribution in [3.05, 3.63) is 81.7 Å². The molecule has 3 aromatic rings. The third kappa shape index (κ3) is 4.14. The first-order chi connectivity index (χ1) is 16.0. The van der Waals surface area contributed by atoms with E-state index in [1.807, 2.05) is 53.4 Å². The van der Waals surface area contributed by atoms with Crippen LogP contribution in [0.2, 0.25) is 5.02 Å². The molecule has 0 spiro atoms. The summed E-state index contributed by atoms with van der Waals surface area (Å²) < 4.78 is 1.32. The lowest BCUT2D eigenvalue weighted by Gasteiger charge is -2.36. The van der Waals surface area contributed by atoms with Crippen LogP contribution >= 0.6 is 11.6 Å². The van der Waals surface area contributed by atoms with Gasteiger partial charge in [-0.25, -0.2) is 0 Å². The van der Waals surface area contributed by atoms with Gasteiger partial charge in [0.1, 0.15) is 5.02 Å². The van der Waals surface area contributed by atoms with Gasteiger partial charge in [-0.1, -0.05) is 48.0 Å². The highest BCUT2D eigenvalue weighted by atomic mass is 35.5. The third-order valence-electron chi connectivity index (χ3n) is 6.45. The Morgan fingerprint density at radius 3 is 2.45 bits per heavy atom. The van der Waals surface area contributed by atoms with Crippen molar-refractivity contribution in [2.24, 2.45) is 0 Å². The van der Waals surface area contributed by atoms with Crippen LogP contribution in [0.4, 0.5) is 11.4 Å². The van der Waals surface area contributed by atoms with Crippen molar-refractivity contribution in [3.8, 4) is 5.69 Å². The van der Waals surface area contributed by atoms with E-state index in [2.05, 4.69) is 27.9 Å². The Balaban J connectivity index is 1.24. The van der Waals surface area contributed by atoms with Crippen molar-refractivity contribution in [3.63, 3.8) is 0 Å². The molecular weight excluding hydrogens is 438 g/mol. The molecule has 33 heavy (non-hydrogen) atoms. The second-order valence-corrected chi connectivity index (χ2v) is 8.98. The fourth-order valence-electron chi connectivity index (χ4n) is 4.76. The number of nitrogens with zero attached hydrogens (tertiary/aromatic N) is 5. The maximum Gasteiger partial charge on any atom is 0.292 e. The number of rotatable bonds is 4. The summed E-state index contributed by atoms with van der Waals surface area (Å²) in [6, 6.07) is 17.5. The van der Waals surface area contributed by atoms with Crippen molar-refractivity contribution in [1.29, 1.82) is 0 Å². The van der Waals surface area contributed by atoms with Gasteiger partial charge in [-0.05, 0) is 37.1 Å². The first-order valence-electron chi connectivity index (χ1n) is 11.2. The van der Waals surface area contributed by atoms with Gasteiger partial charge in [0, 0.05) is 37.9 Å². The number of hydrogen-bond acceptors (Lipinski definition) is 5. The van der Waals surface area contributed by atoms with Crippen LogP contribution in [0.3, 0.4) is 0 Å². The summed E-state index contributed by atoms with van der Waals surface area (Å²) >= 11 is 6.46. The average molecular weight is 464 g/mol. The van der Waals surface area contributed by atoms with Gasteiger partial charge in [0.2, 0.25) is 5.91 Å². The van der Waals surface area contributed by atoms with Crippen LogP contribution in [-0.2, 0) is 11.2 Å². The molecular formula is C25H26ClN5O2. The zero-order valence-electron chi connectivity index (χ0n) is 18.5. The van der Waals surface area contributed by atoms with Gasteiger partial charge in [-0.2, -0.15) is 9.78 Å². The minimum Gasteiger partial charge on any atom is -0.366 e. The highest BCUT2D eigenvalue weighted by Gasteiger charge is 2.32. The number of piperazine rings is 1. The zero-order chi connectivity index (χ0) is 22.9. The number of para-hydroxylation sites is 2. The van der Waals surface area contributed by atoms with E-state index in [-0.39, 0.29) is 22.5 Å². The summed E-state index contributed by atoms with van der Waals surface area (Å²) in [4.78, 5) is 32.1. The molecule has 1 unspecified atom stereocenters. The van der Waals surface area contributed by atoms with Crippen molar-refractivity contribution in [2.45, 2.75) is 19.4 Å². The summed E-state index contributed by atoms with van der Waals surface area (Å²) in [5.74, 6) is 0.131. The summed E-state index contributed by atoms with van der Waals surface area (Å²) in [7, 11) is 0. The molecule has 1 atom stereocenters. The highest BCUT2D eigenvalue weighted by molar-refractivity contribution is 6.33. The van der Waals surface area contributed by atoms with Crippen LogP contribution in [0.5, 0.6) is 0 Å². The number of aromatic nitrogens is 2. The molecule has 3 heterocycles. The molecule has 2 aromatic carbocycles. The molecule has 170 valence electrons. The highest BCUT2D eigenvalue weighted by Crippen LogP contribution is 2.32. The van der Waals surface area contributed by atoms with E-state index >= 15 is 0 Å². The molecule has 8 heteroatoms. The van der Waals surface area contributed by atoms with Crippen LogP contribution in [0, 0.1) is 0 Å². The molecule has 0 radical (unpaired) electrons. The minimum atomic E-state index is -0.334. The maximum absolute atomic E-state index is 13.1. The Morgan fingerprint density at radius 2 is 1.70 bits per heavy atom. The fraction of sp³-hybridized carbons (Fsp3) is 0.320. The molecule has 2 aliphatic heterocycles. The van der Waals surface area contributed by atoms with Crippen molar-refractivity contribution >= 4 is 28.9 Å². The number of hydrogen-bond donors (Lipinski definition) is 0. The minimum absolute atomic E-state index is 0.131. The molecule has 1 fully saturated rings. The molecule has 1 saturated heterocycles. The van der Waals surface area contributed by atoms with Crippen LogP contribution in [-0.4, -0.2) is 59.4 Å². The number of halogens is 1. The lowest BCUT2D eigenvalue weighted by Crippen LogP contribution is -2.51. The summed E-state index contributed by atoms with van der Waals surface area (Å²) in [6.07, 6.45) is 2.55. The summed E-state index contributed by atoms with van der Waals surface area (Å²) in [6.45, 7) is 5.27. The Bertz CT molecular complexity index is 1220. The van der Waals surface area contributed by atoms with Gasteiger partial charge in [-0.3, -0.25) is 14.5 Å². The van der Waals surface area contributed by atoms with Gasteiger partial charge in [0.15, 0.2) is 0 Å². The first kappa shape index (κ1) is 21.7. The molecule has 1 amide bonds. The van der Waals surface area contributed by atoms with E-state index < -0.39 is 0 Å². The van der Waals surface area contributed by atoms with Crippen LogP contribution < -0.4 is 15.4 Å². The molecule has 5 rings (SSSR count). The Labute approximate surface area is 197 Å². The molecule has 0 N–H and O–H groups in total. The Morgan fingerprint density at radius 1 is 1.00 bits per heavy atom. The second kappa shape index (κ2) is 9.00. The largest absolute Gasteiger partial charge is 0.366 e. The first-order valence-corrected chi connectivity index (χ1v) is 11.6. The van der Waals surface area contributed by atoms with Gasteiger partial charge < -0.3 is 9.80 Å². The van der Waals surface area contributed by atoms with E-state index in [0.29, 0.717) is 44.1 Å². The third-order valence-corrected chi connectivity index (χ3v) is 6.80. The van der Waals surface area contributed by atoms with Crippen LogP contribution in [0.15, 0.2) is 65.6 Å². The van der Waals surface area contributed by atoms with E-state index in [0.717, 1.165) is 12.1 Å². The smallest absolute Gasteiger partial charge is 0.292 e. The number of benzene rings is 2.